The van der Waals surface area contributed by atoms with Crippen molar-refractivity contribution < 1.29 is 26.8 Å². The smallest absolute Gasteiger partial charge is 0.250 e. The number of hydrogen-bond donors (Lipinski definition) is 2. The van der Waals surface area contributed by atoms with Crippen molar-refractivity contribution in [1.29, 1.82) is 0 Å². The van der Waals surface area contributed by atoms with Gasteiger partial charge in [0.15, 0.2) is 0 Å². The van der Waals surface area contributed by atoms with Crippen LogP contribution in [0.4, 0.5) is 23.4 Å². The minimum Gasteiger partial charge on any atom is -0.459 e. The third-order valence-electron chi connectivity index (χ3n) is 7.65. The zero-order valence-corrected chi connectivity index (χ0v) is 26.3. The highest BCUT2D eigenvalue weighted by atomic mass is 32.1. The van der Waals surface area contributed by atoms with Crippen molar-refractivity contribution in [2.75, 3.05) is 25.9 Å². The third-order valence-corrected chi connectivity index (χ3v) is 7.93. The van der Waals surface area contributed by atoms with Gasteiger partial charge in [0, 0.05) is 60.1 Å². The van der Waals surface area contributed by atoms with Gasteiger partial charge in [0.1, 0.15) is 28.8 Å². The maximum absolute atomic E-state index is 14.9. The lowest BCUT2D eigenvalue weighted by Gasteiger charge is -2.28. The molecule has 0 saturated carbocycles. The van der Waals surface area contributed by atoms with Crippen molar-refractivity contribution in [3.8, 4) is 22.3 Å². The normalized spacial score (nSPS) is 14.5. The average Bonchev–Trinajstić information content (AvgIpc) is 3.48. The van der Waals surface area contributed by atoms with Gasteiger partial charge in [-0.3, -0.25) is 4.79 Å². The fraction of sp³-hybridized carbons (Fsp3) is 0.194. The number of thiocarbonyl (C=S) groups is 1. The number of carbonyl (C=O) groups excluding carboxylic acids is 1. The summed E-state index contributed by atoms with van der Waals surface area (Å²) in [5.41, 5.74) is 9.86. The molecule has 1 saturated heterocycles. The lowest BCUT2D eigenvalue weighted by Crippen LogP contribution is -2.36. The highest BCUT2D eigenvalue weighted by Gasteiger charge is 2.32. The maximum Gasteiger partial charge on any atom is 0.250 e. The quantitative estimate of drug-likeness (QED) is 0.104. The van der Waals surface area contributed by atoms with Crippen LogP contribution in [0.15, 0.2) is 89.5 Å². The first-order valence-corrected chi connectivity index (χ1v) is 15.3. The Bertz CT molecular complexity index is 1900. The molecule has 3 N–H and O–H groups in total. The minimum absolute atomic E-state index is 0.0312. The first-order chi connectivity index (χ1) is 22.5. The third kappa shape index (κ3) is 8.90. The van der Waals surface area contributed by atoms with E-state index in [9.17, 15) is 22.4 Å². The summed E-state index contributed by atoms with van der Waals surface area (Å²) in [6.07, 6.45) is 4.65. The molecule has 0 spiro atoms. The van der Waals surface area contributed by atoms with E-state index in [4.69, 9.17) is 22.4 Å². The molecular weight excluding hydrogens is 628 g/mol. The Labute approximate surface area is 274 Å². The number of benzene rings is 3. The van der Waals surface area contributed by atoms with Gasteiger partial charge in [-0.05, 0) is 83.9 Å². The Morgan fingerprint density at radius 3 is 2.34 bits per heavy atom. The largest absolute Gasteiger partial charge is 0.459 e. The van der Waals surface area contributed by atoms with E-state index in [0.717, 1.165) is 5.56 Å². The summed E-state index contributed by atoms with van der Waals surface area (Å²) in [5.74, 6) is -2.57. The number of piperidine rings is 1. The molecule has 0 unspecified atom stereocenters. The number of likely N-dealkylation sites (tertiary alicyclic amines) is 1. The predicted octanol–water partition coefficient (Wildman–Crippen LogP) is 8.05. The van der Waals surface area contributed by atoms with Gasteiger partial charge in [-0.1, -0.05) is 36.5 Å². The van der Waals surface area contributed by atoms with E-state index < -0.39 is 11.7 Å². The fourth-order valence-electron chi connectivity index (χ4n) is 5.00. The standard InChI is InChI=1S/C30H21F2N3O2S.C6H11F2N/c31-23-6-4-20(5-7-23)26-14-21(25-8-1-19(17-38)11-27(25)32)12-22-13-24(37-30(22)26)16-35-29(36)10-3-18-2-9-28(33)34-15-18;1-9-4-2-6(7,8)3-5-9/h1-15,17H,16H2,(H2,33,34)(H,35,36);2-5H2,1H3/b10-3+;. The number of nitrogens with zero attached hydrogens (tertiary/aromatic N) is 2. The molecule has 3 heterocycles. The number of nitrogens with one attached hydrogen (secondary N) is 1. The van der Waals surface area contributed by atoms with Crippen LogP contribution in [0.3, 0.4) is 0 Å². The van der Waals surface area contributed by atoms with Crippen LogP contribution in [-0.2, 0) is 11.3 Å². The van der Waals surface area contributed by atoms with Crippen LogP contribution >= 0.6 is 12.2 Å². The van der Waals surface area contributed by atoms with Crippen molar-refractivity contribution in [3.63, 3.8) is 0 Å². The minimum atomic E-state index is -2.38. The van der Waals surface area contributed by atoms with E-state index in [-0.39, 0.29) is 31.1 Å². The molecule has 0 atom stereocenters. The predicted molar refractivity (Wildman–Crippen MR) is 181 cm³/mol. The van der Waals surface area contributed by atoms with Crippen LogP contribution < -0.4 is 11.1 Å². The van der Waals surface area contributed by atoms with Crippen LogP contribution in [0, 0.1) is 11.6 Å². The van der Waals surface area contributed by atoms with Crippen LogP contribution in [-0.4, -0.2) is 47.2 Å². The molecule has 1 amide bonds. The lowest BCUT2D eigenvalue weighted by molar-refractivity contribution is -0.116. The van der Waals surface area contributed by atoms with Crippen LogP contribution in [0.5, 0.6) is 0 Å². The number of alkyl halides is 2. The SMILES string of the molecule is CN1CCC(F)(F)CC1.Nc1ccc(/C=C/C(=O)NCc2cc3cc(-c4ccc(C=S)cc4F)cc(-c4ccc(F)cc4)c3o2)cn1. The van der Waals surface area contributed by atoms with Crippen LogP contribution in [0.25, 0.3) is 39.3 Å². The van der Waals surface area contributed by atoms with Crippen LogP contribution in [0.2, 0.25) is 0 Å². The van der Waals surface area contributed by atoms with Gasteiger partial charge in [0.25, 0.3) is 5.92 Å². The van der Waals surface area contributed by atoms with Crippen LogP contribution in [0.1, 0.15) is 29.7 Å². The summed E-state index contributed by atoms with van der Waals surface area (Å²) in [5, 5.41) is 4.92. The molecule has 47 heavy (non-hydrogen) atoms. The van der Waals surface area contributed by atoms with E-state index >= 15 is 0 Å². The molecule has 6 nitrogen and oxygen atoms in total. The molecule has 2 aromatic heterocycles. The second kappa shape index (κ2) is 14.7. The molecule has 1 aliphatic rings. The Hall–Kier alpha value is -4.87. The second-order valence-electron chi connectivity index (χ2n) is 11.2. The van der Waals surface area contributed by atoms with E-state index in [1.165, 1.54) is 29.6 Å². The molecule has 3 aromatic carbocycles. The summed E-state index contributed by atoms with van der Waals surface area (Å²) in [7, 11) is 1.87. The first kappa shape index (κ1) is 33.5. The Morgan fingerprint density at radius 2 is 1.70 bits per heavy atom. The number of amides is 1. The zero-order valence-electron chi connectivity index (χ0n) is 25.5. The Kier molecular flexibility index (Phi) is 10.5. The van der Waals surface area contributed by atoms with Gasteiger partial charge >= 0.3 is 0 Å². The summed E-state index contributed by atoms with van der Waals surface area (Å²) < 4.78 is 59.4. The number of carbonyl (C=O) groups is 1. The van der Waals surface area contributed by atoms with Crippen molar-refractivity contribution >= 4 is 46.4 Å². The number of pyridine rings is 1. The topological polar surface area (TPSA) is 84.4 Å². The van der Waals surface area contributed by atoms with Crippen molar-refractivity contribution in [2.45, 2.75) is 25.3 Å². The zero-order chi connectivity index (χ0) is 33.6. The molecular formula is C36H32F4N4O2S. The molecule has 1 fully saturated rings. The molecule has 11 heteroatoms. The lowest BCUT2D eigenvalue weighted by atomic mass is 9.96. The molecule has 242 valence electrons. The fourth-order valence-corrected chi connectivity index (χ4v) is 5.14. The molecule has 0 radical (unpaired) electrons. The van der Waals surface area contributed by atoms with E-state index in [1.54, 1.807) is 60.8 Å². The van der Waals surface area contributed by atoms with Crippen molar-refractivity contribution in [1.82, 2.24) is 15.2 Å². The summed E-state index contributed by atoms with van der Waals surface area (Å²) in [4.78, 5) is 18.3. The monoisotopic (exact) mass is 660 g/mol. The number of hydrogen-bond acceptors (Lipinski definition) is 6. The summed E-state index contributed by atoms with van der Waals surface area (Å²) in [6, 6.07) is 19.6. The molecule has 0 aliphatic carbocycles. The number of rotatable bonds is 7. The van der Waals surface area contributed by atoms with Gasteiger partial charge < -0.3 is 20.4 Å². The average molecular weight is 661 g/mol. The van der Waals surface area contributed by atoms with Crippen molar-refractivity contribution in [2.24, 2.45) is 0 Å². The number of nitrogens with two attached hydrogens (primary N) is 1. The number of fused-ring (bicyclic) bond motifs is 1. The number of halogens is 4. The first-order valence-electron chi connectivity index (χ1n) is 14.8. The Balaban J connectivity index is 0.000000417. The Morgan fingerprint density at radius 1 is 0.979 bits per heavy atom. The molecule has 1 aliphatic heterocycles. The van der Waals surface area contributed by atoms with Gasteiger partial charge in [-0.25, -0.2) is 22.5 Å². The van der Waals surface area contributed by atoms with E-state index in [2.05, 4.69) is 10.3 Å². The molecule has 6 rings (SSSR count). The van der Waals surface area contributed by atoms with Crippen molar-refractivity contribution in [3.05, 3.63) is 114 Å². The number of anilines is 1. The van der Waals surface area contributed by atoms with E-state index in [0.29, 0.717) is 63.5 Å². The number of furan rings is 1. The second-order valence-corrected chi connectivity index (χ2v) is 11.5. The highest BCUT2D eigenvalue weighted by Crippen LogP contribution is 2.37. The molecule has 0 bridgehead atoms. The maximum atomic E-state index is 14.9. The van der Waals surface area contributed by atoms with Gasteiger partial charge in [0.2, 0.25) is 5.91 Å². The molecule has 5 aromatic rings. The van der Waals surface area contributed by atoms with Gasteiger partial charge in [-0.2, -0.15) is 0 Å². The van der Waals surface area contributed by atoms with Gasteiger partial charge in [0.05, 0.1) is 6.54 Å². The summed E-state index contributed by atoms with van der Waals surface area (Å²) >= 11 is 4.91. The highest BCUT2D eigenvalue weighted by molar-refractivity contribution is 7.79. The number of nitrogen functional groups attached to an aromatic ring is 1. The number of aromatic nitrogens is 1. The summed E-state index contributed by atoms with van der Waals surface area (Å²) in [6.45, 7) is 1.20. The van der Waals surface area contributed by atoms with E-state index in [1.807, 2.05) is 18.0 Å². The van der Waals surface area contributed by atoms with Gasteiger partial charge in [-0.15, -0.1) is 0 Å².